The monoisotopic (exact) mass is 370 g/mol. The summed E-state index contributed by atoms with van der Waals surface area (Å²) in [5.74, 6) is -0.0800. The summed E-state index contributed by atoms with van der Waals surface area (Å²) < 4.78 is 27.7. The molecule has 26 heavy (non-hydrogen) atoms. The van der Waals surface area contributed by atoms with E-state index < -0.39 is 10.0 Å². The average Bonchev–Trinajstić information content (AvgIpc) is 3.13. The van der Waals surface area contributed by atoms with Crippen molar-refractivity contribution in [3.05, 3.63) is 59.7 Å². The number of fused-ring (bicyclic) bond motifs is 1. The van der Waals surface area contributed by atoms with E-state index in [1.54, 1.807) is 18.2 Å². The molecule has 2 aromatic rings. The summed E-state index contributed by atoms with van der Waals surface area (Å²) >= 11 is 0. The Kier molecular flexibility index (Phi) is 4.44. The molecule has 0 aromatic heterocycles. The van der Waals surface area contributed by atoms with Crippen LogP contribution in [0.15, 0.2) is 53.4 Å². The number of carbonyl (C=O) groups excluding carboxylic acids is 1. The smallest absolute Gasteiger partial charge is 0.264 e. The number of piperidine rings is 1. The number of sulfonamides is 1. The van der Waals surface area contributed by atoms with Gasteiger partial charge in [0, 0.05) is 25.2 Å². The lowest BCUT2D eigenvalue weighted by atomic mass is 10.1. The van der Waals surface area contributed by atoms with Crippen LogP contribution in [0, 0.1) is 0 Å². The van der Waals surface area contributed by atoms with Gasteiger partial charge >= 0.3 is 0 Å². The molecule has 2 aliphatic rings. The van der Waals surface area contributed by atoms with E-state index in [0.29, 0.717) is 18.5 Å². The van der Waals surface area contributed by atoms with Gasteiger partial charge in [-0.05, 0) is 55.5 Å². The molecule has 1 fully saturated rings. The lowest BCUT2D eigenvalue weighted by Crippen LogP contribution is -2.35. The van der Waals surface area contributed by atoms with Gasteiger partial charge in [-0.15, -0.1) is 0 Å². The number of likely N-dealkylation sites (tertiary alicyclic amines) is 1. The highest BCUT2D eigenvalue weighted by Crippen LogP contribution is 2.32. The first kappa shape index (κ1) is 17.1. The molecular weight excluding hydrogens is 348 g/mol. The van der Waals surface area contributed by atoms with Crippen LogP contribution in [0.25, 0.3) is 0 Å². The molecule has 0 unspecified atom stereocenters. The highest BCUT2D eigenvalue weighted by Gasteiger charge is 2.31. The Morgan fingerprint density at radius 2 is 1.65 bits per heavy atom. The molecule has 0 aliphatic carbocycles. The first-order valence-electron chi connectivity index (χ1n) is 9.07. The van der Waals surface area contributed by atoms with Crippen molar-refractivity contribution in [1.82, 2.24) is 4.90 Å². The normalized spacial score (nSPS) is 17.2. The third-order valence-corrected chi connectivity index (χ3v) is 6.97. The van der Waals surface area contributed by atoms with E-state index >= 15 is 0 Å². The molecule has 0 radical (unpaired) electrons. The molecule has 0 saturated carbocycles. The van der Waals surface area contributed by atoms with Crippen molar-refractivity contribution >= 4 is 21.6 Å². The standard InChI is InChI=1S/C20H22N2O3S/c23-20(21-12-4-1-5-13-21)17-8-6-9-18(15-17)26(24,25)22-14-11-16-7-2-3-10-19(16)22/h2-3,6-10,15H,1,4-5,11-14H2. The third kappa shape index (κ3) is 2.98. The van der Waals surface area contributed by atoms with E-state index in [9.17, 15) is 13.2 Å². The summed E-state index contributed by atoms with van der Waals surface area (Å²) in [5, 5.41) is 0. The molecule has 136 valence electrons. The van der Waals surface area contributed by atoms with Crippen LogP contribution < -0.4 is 4.31 Å². The minimum atomic E-state index is -3.68. The molecule has 4 rings (SSSR count). The van der Waals surface area contributed by atoms with Gasteiger partial charge in [0.05, 0.1) is 10.6 Å². The van der Waals surface area contributed by atoms with Gasteiger partial charge < -0.3 is 4.90 Å². The number of anilines is 1. The number of para-hydroxylation sites is 1. The van der Waals surface area contributed by atoms with Gasteiger partial charge in [0.1, 0.15) is 0 Å². The number of amides is 1. The molecule has 0 N–H and O–H groups in total. The van der Waals surface area contributed by atoms with Crippen LogP contribution in [0.4, 0.5) is 5.69 Å². The topological polar surface area (TPSA) is 57.7 Å². The van der Waals surface area contributed by atoms with E-state index in [0.717, 1.165) is 43.6 Å². The molecule has 2 aromatic carbocycles. The van der Waals surface area contributed by atoms with Crippen LogP contribution in [-0.4, -0.2) is 38.9 Å². The summed E-state index contributed by atoms with van der Waals surface area (Å²) in [4.78, 5) is 14.7. The Bertz CT molecular complexity index is 934. The van der Waals surface area contributed by atoms with Crippen LogP contribution in [0.3, 0.4) is 0 Å². The maximum atomic E-state index is 13.1. The van der Waals surface area contributed by atoms with Crippen molar-refractivity contribution in [2.24, 2.45) is 0 Å². The molecule has 1 amide bonds. The second kappa shape index (κ2) is 6.76. The Hall–Kier alpha value is -2.34. The van der Waals surface area contributed by atoms with Gasteiger partial charge in [-0.3, -0.25) is 9.10 Å². The third-order valence-electron chi connectivity index (χ3n) is 5.16. The number of hydrogen-bond donors (Lipinski definition) is 0. The van der Waals surface area contributed by atoms with Gasteiger partial charge in [0.15, 0.2) is 0 Å². The second-order valence-electron chi connectivity index (χ2n) is 6.84. The zero-order valence-electron chi connectivity index (χ0n) is 14.6. The van der Waals surface area contributed by atoms with Gasteiger partial charge in [-0.25, -0.2) is 8.42 Å². The van der Waals surface area contributed by atoms with Gasteiger partial charge in [-0.2, -0.15) is 0 Å². The molecule has 0 bridgehead atoms. The molecule has 2 aliphatic heterocycles. The zero-order chi connectivity index (χ0) is 18.1. The van der Waals surface area contributed by atoms with E-state index in [-0.39, 0.29) is 10.8 Å². The zero-order valence-corrected chi connectivity index (χ0v) is 15.4. The summed E-state index contributed by atoms with van der Waals surface area (Å²) in [6.45, 7) is 1.93. The van der Waals surface area contributed by atoms with Crippen molar-refractivity contribution in [2.45, 2.75) is 30.6 Å². The Morgan fingerprint density at radius 3 is 2.46 bits per heavy atom. The fourth-order valence-electron chi connectivity index (χ4n) is 3.75. The van der Waals surface area contributed by atoms with E-state index in [1.165, 1.54) is 10.4 Å². The fourth-order valence-corrected chi connectivity index (χ4v) is 5.30. The van der Waals surface area contributed by atoms with E-state index in [2.05, 4.69) is 0 Å². The number of rotatable bonds is 3. The Morgan fingerprint density at radius 1 is 0.885 bits per heavy atom. The van der Waals surface area contributed by atoms with Crippen LogP contribution in [0.1, 0.15) is 35.2 Å². The minimum Gasteiger partial charge on any atom is -0.339 e. The molecular formula is C20H22N2O3S. The van der Waals surface area contributed by atoms with Crippen molar-refractivity contribution in [3.63, 3.8) is 0 Å². The highest BCUT2D eigenvalue weighted by atomic mass is 32.2. The molecule has 6 heteroatoms. The molecule has 0 spiro atoms. The minimum absolute atomic E-state index is 0.0800. The van der Waals surface area contributed by atoms with Crippen molar-refractivity contribution in [2.75, 3.05) is 23.9 Å². The van der Waals surface area contributed by atoms with Crippen LogP contribution in [-0.2, 0) is 16.4 Å². The van der Waals surface area contributed by atoms with Gasteiger partial charge in [-0.1, -0.05) is 24.3 Å². The van der Waals surface area contributed by atoms with Gasteiger partial charge in [0.25, 0.3) is 15.9 Å². The quantitative estimate of drug-likeness (QED) is 0.834. The summed E-state index contributed by atoms with van der Waals surface area (Å²) in [7, 11) is -3.68. The lowest BCUT2D eigenvalue weighted by molar-refractivity contribution is 0.0724. The fraction of sp³-hybridized carbons (Fsp3) is 0.350. The van der Waals surface area contributed by atoms with Crippen molar-refractivity contribution < 1.29 is 13.2 Å². The second-order valence-corrected chi connectivity index (χ2v) is 8.70. The Labute approximate surface area is 154 Å². The molecule has 5 nitrogen and oxygen atoms in total. The van der Waals surface area contributed by atoms with E-state index in [4.69, 9.17) is 0 Å². The highest BCUT2D eigenvalue weighted by molar-refractivity contribution is 7.92. The maximum Gasteiger partial charge on any atom is 0.264 e. The SMILES string of the molecule is O=C(c1cccc(S(=O)(=O)N2CCc3ccccc32)c1)N1CCCCC1. The van der Waals surface area contributed by atoms with Crippen LogP contribution >= 0.6 is 0 Å². The predicted molar refractivity (Wildman–Crippen MR) is 101 cm³/mol. The number of hydrogen-bond acceptors (Lipinski definition) is 3. The lowest BCUT2D eigenvalue weighted by Gasteiger charge is -2.27. The molecule has 0 atom stereocenters. The van der Waals surface area contributed by atoms with Crippen LogP contribution in [0.2, 0.25) is 0 Å². The van der Waals surface area contributed by atoms with Crippen molar-refractivity contribution in [3.8, 4) is 0 Å². The maximum absolute atomic E-state index is 13.1. The number of carbonyl (C=O) groups is 1. The first-order valence-corrected chi connectivity index (χ1v) is 10.5. The molecule has 2 heterocycles. The Balaban J connectivity index is 1.65. The first-order chi connectivity index (χ1) is 12.6. The van der Waals surface area contributed by atoms with Crippen LogP contribution in [0.5, 0.6) is 0 Å². The van der Waals surface area contributed by atoms with E-state index in [1.807, 2.05) is 29.2 Å². The summed E-state index contributed by atoms with van der Waals surface area (Å²) in [6.07, 6.45) is 3.87. The number of nitrogens with zero attached hydrogens (tertiary/aromatic N) is 2. The molecule has 1 saturated heterocycles. The average molecular weight is 370 g/mol. The summed E-state index contributed by atoms with van der Waals surface area (Å²) in [5.41, 5.74) is 2.22. The summed E-state index contributed by atoms with van der Waals surface area (Å²) in [6, 6.07) is 14.0. The van der Waals surface area contributed by atoms with Crippen molar-refractivity contribution in [1.29, 1.82) is 0 Å². The largest absolute Gasteiger partial charge is 0.339 e. The van der Waals surface area contributed by atoms with Gasteiger partial charge in [0.2, 0.25) is 0 Å². The number of benzene rings is 2. The predicted octanol–water partition coefficient (Wildman–Crippen LogP) is 3.06.